The minimum atomic E-state index is -0.229. The average Bonchev–Trinajstić information content (AvgIpc) is 2.97. The Hall–Kier alpha value is -2.18. The van der Waals surface area contributed by atoms with Crippen LogP contribution in [0.1, 0.15) is 11.4 Å². The summed E-state index contributed by atoms with van der Waals surface area (Å²) in [4.78, 5) is 0. The zero-order chi connectivity index (χ0) is 16.1. The highest BCUT2D eigenvalue weighted by Crippen LogP contribution is 2.25. The molecule has 0 N–H and O–H groups in total. The second kappa shape index (κ2) is 7.39. The Morgan fingerprint density at radius 1 is 1.09 bits per heavy atom. The number of hydrogen-bond donors (Lipinski definition) is 0. The van der Waals surface area contributed by atoms with Crippen molar-refractivity contribution < 1.29 is 9.13 Å². The molecule has 6 heteroatoms. The number of nitrogens with zero attached hydrogens (tertiary/aromatic N) is 3. The van der Waals surface area contributed by atoms with Crippen molar-refractivity contribution in [1.29, 1.82) is 0 Å². The fraction of sp³-hybridized carbons (Fsp3) is 0.176. The Balaban J connectivity index is 1.87. The van der Waals surface area contributed by atoms with Gasteiger partial charge in [-0.05, 0) is 29.8 Å². The minimum absolute atomic E-state index is 0.229. The van der Waals surface area contributed by atoms with Gasteiger partial charge in [0.15, 0.2) is 11.0 Å². The van der Waals surface area contributed by atoms with Crippen LogP contribution >= 0.6 is 11.8 Å². The van der Waals surface area contributed by atoms with E-state index in [1.165, 1.54) is 23.9 Å². The minimum Gasteiger partial charge on any atom is -0.377 e. The van der Waals surface area contributed by atoms with Crippen LogP contribution in [-0.2, 0) is 17.1 Å². The lowest BCUT2D eigenvalue weighted by Gasteiger charge is -2.09. The van der Waals surface area contributed by atoms with E-state index in [0.717, 1.165) is 22.2 Å². The predicted octanol–water partition coefficient (Wildman–Crippen LogP) is 3.85. The smallest absolute Gasteiger partial charge is 0.196 e. The molecule has 4 nitrogen and oxygen atoms in total. The van der Waals surface area contributed by atoms with Crippen molar-refractivity contribution in [2.24, 2.45) is 0 Å². The molecule has 3 aromatic rings. The first-order valence-electron chi connectivity index (χ1n) is 7.14. The maximum Gasteiger partial charge on any atom is 0.196 e. The van der Waals surface area contributed by atoms with E-state index < -0.39 is 0 Å². The predicted molar refractivity (Wildman–Crippen MR) is 88.0 cm³/mol. The Morgan fingerprint density at radius 2 is 1.91 bits per heavy atom. The number of methoxy groups -OCH3 is 1. The molecule has 0 bridgehead atoms. The quantitative estimate of drug-likeness (QED) is 0.644. The summed E-state index contributed by atoms with van der Waals surface area (Å²) >= 11 is 1.52. The summed E-state index contributed by atoms with van der Waals surface area (Å²) in [7, 11) is 1.63. The Labute approximate surface area is 138 Å². The first kappa shape index (κ1) is 15.7. The van der Waals surface area contributed by atoms with Crippen LogP contribution < -0.4 is 0 Å². The van der Waals surface area contributed by atoms with E-state index in [-0.39, 0.29) is 5.82 Å². The molecular formula is C17H16FN3OS. The lowest BCUT2D eigenvalue weighted by Crippen LogP contribution is -2.03. The molecule has 0 atom stereocenters. The number of aromatic nitrogens is 3. The highest BCUT2D eigenvalue weighted by Gasteiger charge is 2.14. The van der Waals surface area contributed by atoms with Gasteiger partial charge in [-0.1, -0.05) is 42.1 Å². The SMILES string of the molecule is COCc1nnc(SCc2cccc(F)c2)n1-c1ccccc1. The second-order valence-corrected chi connectivity index (χ2v) is 5.86. The van der Waals surface area contributed by atoms with E-state index in [9.17, 15) is 4.39 Å². The molecule has 0 amide bonds. The summed E-state index contributed by atoms with van der Waals surface area (Å²) < 4.78 is 20.4. The molecule has 3 rings (SSSR count). The normalized spacial score (nSPS) is 10.9. The number of hydrogen-bond acceptors (Lipinski definition) is 4. The molecule has 0 unspecified atom stereocenters. The van der Waals surface area contributed by atoms with Crippen molar-refractivity contribution in [3.8, 4) is 5.69 Å². The average molecular weight is 329 g/mol. The van der Waals surface area contributed by atoms with E-state index in [0.29, 0.717) is 12.4 Å². The van der Waals surface area contributed by atoms with Gasteiger partial charge in [-0.2, -0.15) is 0 Å². The number of thioether (sulfide) groups is 1. The summed E-state index contributed by atoms with van der Waals surface area (Å²) in [5, 5.41) is 9.21. The molecule has 0 saturated heterocycles. The van der Waals surface area contributed by atoms with Crippen molar-refractivity contribution in [3.05, 3.63) is 71.8 Å². The van der Waals surface area contributed by atoms with Crippen molar-refractivity contribution in [1.82, 2.24) is 14.8 Å². The van der Waals surface area contributed by atoms with Gasteiger partial charge in [-0.25, -0.2) is 4.39 Å². The van der Waals surface area contributed by atoms with Crippen molar-refractivity contribution in [2.75, 3.05) is 7.11 Å². The summed E-state index contributed by atoms with van der Waals surface area (Å²) in [5.41, 5.74) is 1.89. The molecule has 118 valence electrons. The van der Waals surface area contributed by atoms with Crippen molar-refractivity contribution in [2.45, 2.75) is 17.5 Å². The Kier molecular flexibility index (Phi) is 5.05. The largest absolute Gasteiger partial charge is 0.377 e. The third-order valence-corrected chi connectivity index (χ3v) is 4.25. The second-order valence-electron chi connectivity index (χ2n) is 4.92. The van der Waals surface area contributed by atoms with Gasteiger partial charge in [0.25, 0.3) is 0 Å². The molecule has 0 aliphatic rings. The Bertz CT molecular complexity index is 777. The molecule has 0 aliphatic heterocycles. The lowest BCUT2D eigenvalue weighted by molar-refractivity contribution is 0.176. The number of rotatable bonds is 6. The first-order valence-corrected chi connectivity index (χ1v) is 8.12. The number of benzene rings is 2. The third kappa shape index (κ3) is 3.78. The van der Waals surface area contributed by atoms with Gasteiger partial charge in [0.2, 0.25) is 0 Å². The van der Waals surface area contributed by atoms with Crippen molar-refractivity contribution in [3.63, 3.8) is 0 Å². The molecule has 0 spiro atoms. The van der Waals surface area contributed by atoms with Gasteiger partial charge in [0.1, 0.15) is 12.4 Å². The molecule has 1 aromatic heterocycles. The molecule has 1 heterocycles. The van der Waals surface area contributed by atoms with Crippen LogP contribution in [0.15, 0.2) is 59.8 Å². The van der Waals surface area contributed by atoms with E-state index in [2.05, 4.69) is 10.2 Å². The van der Waals surface area contributed by atoms with Gasteiger partial charge in [0.05, 0.1) is 0 Å². The maximum atomic E-state index is 13.3. The number of ether oxygens (including phenoxy) is 1. The number of halogens is 1. The molecule has 23 heavy (non-hydrogen) atoms. The van der Waals surface area contributed by atoms with Gasteiger partial charge in [0, 0.05) is 18.6 Å². The van der Waals surface area contributed by atoms with Crippen LogP contribution in [0.2, 0.25) is 0 Å². The summed E-state index contributed by atoms with van der Waals surface area (Å²) in [5.74, 6) is 1.13. The molecule has 0 fully saturated rings. The van der Waals surface area contributed by atoms with Crippen LogP contribution in [0.25, 0.3) is 5.69 Å². The van der Waals surface area contributed by atoms with Crippen LogP contribution in [-0.4, -0.2) is 21.9 Å². The maximum absolute atomic E-state index is 13.3. The van der Waals surface area contributed by atoms with Crippen LogP contribution in [0.5, 0.6) is 0 Å². The molecule has 0 radical (unpaired) electrons. The zero-order valence-electron chi connectivity index (χ0n) is 12.6. The first-order chi connectivity index (χ1) is 11.3. The van der Waals surface area contributed by atoms with E-state index in [1.807, 2.05) is 41.0 Å². The summed E-state index contributed by atoms with van der Waals surface area (Å²) in [6, 6.07) is 16.5. The topological polar surface area (TPSA) is 39.9 Å². The fourth-order valence-corrected chi connectivity index (χ4v) is 3.14. The number of para-hydroxylation sites is 1. The standard InChI is InChI=1S/C17H16FN3OS/c1-22-11-16-19-20-17(21(16)15-8-3-2-4-9-15)23-12-13-6-5-7-14(18)10-13/h2-10H,11-12H2,1H3. The van der Waals surface area contributed by atoms with Gasteiger partial charge in [-0.3, -0.25) is 4.57 Å². The van der Waals surface area contributed by atoms with Crippen molar-refractivity contribution >= 4 is 11.8 Å². The molecular weight excluding hydrogens is 313 g/mol. The highest BCUT2D eigenvalue weighted by molar-refractivity contribution is 7.98. The monoisotopic (exact) mass is 329 g/mol. The fourth-order valence-electron chi connectivity index (χ4n) is 2.23. The lowest BCUT2D eigenvalue weighted by atomic mass is 10.2. The molecule has 0 saturated carbocycles. The van der Waals surface area contributed by atoms with Crippen LogP contribution in [0.3, 0.4) is 0 Å². The summed E-state index contributed by atoms with van der Waals surface area (Å²) in [6.45, 7) is 0.377. The van der Waals surface area contributed by atoms with E-state index in [4.69, 9.17) is 4.74 Å². The van der Waals surface area contributed by atoms with Gasteiger partial charge in [-0.15, -0.1) is 10.2 Å². The molecule has 2 aromatic carbocycles. The van der Waals surface area contributed by atoms with Crippen LogP contribution in [0.4, 0.5) is 4.39 Å². The molecule has 0 aliphatic carbocycles. The van der Waals surface area contributed by atoms with E-state index in [1.54, 1.807) is 13.2 Å². The summed E-state index contributed by atoms with van der Waals surface area (Å²) in [6.07, 6.45) is 0. The van der Waals surface area contributed by atoms with E-state index >= 15 is 0 Å². The third-order valence-electron chi connectivity index (χ3n) is 3.25. The van der Waals surface area contributed by atoms with Gasteiger partial charge < -0.3 is 4.74 Å². The highest BCUT2D eigenvalue weighted by atomic mass is 32.2. The van der Waals surface area contributed by atoms with Gasteiger partial charge >= 0.3 is 0 Å². The Morgan fingerprint density at radius 3 is 2.65 bits per heavy atom. The zero-order valence-corrected chi connectivity index (χ0v) is 13.5. The van der Waals surface area contributed by atoms with Crippen LogP contribution in [0, 0.1) is 5.82 Å².